The summed E-state index contributed by atoms with van der Waals surface area (Å²) in [5.74, 6) is 0. The average molecular weight is 517 g/mol. The van der Waals surface area contributed by atoms with Gasteiger partial charge in [-0.05, 0) is 0 Å². The van der Waals surface area contributed by atoms with E-state index in [1.54, 1.807) is 0 Å². The average Bonchev–Trinajstić information content (AvgIpc) is 0. The van der Waals surface area contributed by atoms with Crippen molar-refractivity contribution in [2.24, 2.45) is 0 Å². The van der Waals surface area contributed by atoms with Gasteiger partial charge in [0.2, 0.25) is 0 Å². The molecule has 0 heterocycles. The summed E-state index contributed by atoms with van der Waals surface area (Å²) < 4.78 is 0. The zero-order chi connectivity index (χ0) is 0. The summed E-state index contributed by atoms with van der Waals surface area (Å²) in [5, 5.41) is 0. The van der Waals surface area contributed by atoms with Crippen LogP contribution in [0.4, 0.5) is 0 Å². The summed E-state index contributed by atoms with van der Waals surface area (Å²) in [6.45, 7) is 0. The van der Waals surface area contributed by atoms with Crippen LogP contribution in [-0.2, 0) is 0 Å². The number of nitrogens with zero attached hydrogens (tertiary/aromatic N) is 1. The molecule has 0 aliphatic carbocycles. The fraction of sp³-hybridized carbons (Fsp3) is 0. The molecule has 0 bridgehead atoms. The fourth-order valence-electron chi connectivity index (χ4n) is 0. The monoisotopic (exact) mass is 517 g/mol. The minimum absolute atomic E-state index is 0. The standard InChI is InChI=1S/3In.N.P.Sb.6H/q3*+3;3*-3;;;;;;. The van der Waals surface area contributed by atoms with Crippen LogP contribution in [0.2, 0.25) is 0 Å². The number of hydrogen-bond donors (Lipinski definition) is 0. The zero-order valence-corrected chi connectivity index (χ0v) is 13.4. The van der Waals surface area contributed by atoms with Crippen molar-refractivity contribution in [2.75, 3.05) is 0 Å². The fourth-order valence-corrected chi connectivity index (χ4v) is 0. The topological polar surface area (TPSA) is 30.5 Å². The first-order valence-electron chi connectivity index (χ1n) is 0. The van der Waals surface area contributed by atoms with E-state index < -0.39 is 0 Å². The Morgan fingerprint density at radius 3 is 0.667 bits per heavy atom. The third-order valence-electron chi connectivity index (χ3n) is 0. The quantitative estimate of drug-likeness (QED) is 0.264. The van der Waals surface area contributed by atoms with Crippen LogP contribution < -0.4 is 0 Å². The molecule has 0 aliphatic rings. The summed E-state index contributed by atoms with van der Waals surface area (Å²) in [6.07, 6.45) is 0. The molecule has 30 valence electrons. The van der Waals surface area contributed by atoms with Crippen LogP contribution >= 0.6 is 9.90 Å². The maximum atomic E-state index is 0. The predicted molar refractivity (Wildman–Crippen MR) is 41.7 cm³/mol. The molecule has 0 atom stereocenters. The molecule has 1 nitrogen and oxygen atoms in total. The second kappa shape index (κ2) is 37.0. The molecule has 6 heteroatoms. The van der Waals surface area contributed by atoms with Crippen molar-refractivity contribution in [3.8, 4) is 0 Å². The van der Waals surface area contributed by atoms with E-state index in [0.717, 1.165) is 0 Å². The summed E-state index contributed by atoms with van der Waals surface area (Å²) in [7, 11) is 0. The van der Waals surface area contributed by atoms with Gasteiger partial charge in [-0.2, -0.15) is 0 Å². The van der Waals surface area contributed by atoms with Gasteiger partial charge >= 0.3 is 102 Å². The van der Waals surface area contributed by atoms with E-state index in [9.17, 15) is 0 Å². The Balaban J connectivity index is 0. The number of rotatable bonds is 0. The Morgan fingerprint density at radius 2 is 0.667 bits per heavy atom. The van der Waals surface area contributed by atoms with E-state index >= 15 is 0 Å². The Kier molecular flexibility index (Phi) is 323. The van der Waals surface area contributed by atoms with Crippen molar-refractivity contribution in [1.29, 1.82) is 0 Å². The Morgan fingerprint density at radius 1 is 0.667 bits per heavy atom. The normalized spacial score (nSPS) is 0. The van der Waals surface area contributed by atoms with Crippen molar-refractivity contribution in [3.05, 3.63) is 6.15 Å². The summed E-state index contributed by atoms with van der Waals surface area (Å²) in [6, 6.07) is 0. The van der Waals surface area contributed by atoms with E-state index in [4.69, 9.17) is 0 Å². The molecule has 0 aliphatic heterocycles. The maximum absolute atomic E-state index is 0. The molecule has 0 saturated heterocycles. The zero-order valence-electron chi connectivity index (χ0n) is 2.63. The molecule has 6 heavy (non-hydrogen) atoms. The summed E-state index contributed by atoms with van der Waals surface area (Å²) in [4.78, 5) is 0. The van der Waals surface area contributed by atoms with Gasteiger partial charge in [0.25, 0.3) is 0 Å². The van der Waals surface area contributed by atoms with Gasteiger partial charge in [0.1, 0.15) is 0 Å². The molecule has 0 spiro atoms. The molecule has 0 aromatic heterocycles. The van der Waals surface area contributed by atoms with E-state index in [1.165, 1.54) is 0 Å². The molecule has 0 unspecified atom stereocenters. The van der Waals surface area contributed by atoms with E-state index in [-0.39, 0.29) is 118 Å². The third kappa shape index (κ3) is 24.9. The van der Waals surface area contributed by atoms with Crippen molar-refractivity contribution >= 4 is 112 Å². The van der Waals surface area contributed by atoms with Gasteiger partial charge in [-0.3, -0.25) is 0 Å². The Hall–Kier alpha value is 3.82. The van der Waals surface area contributed by atoms with Crippen LogP contribution in [0.3, 0.4) is 0 Å². The molecular weight excluding hydrogens is 511 g/mol. The van der Waals surface area contributed by atoms with E-state index in [1.807, 2.05) is 0 Å². The summed E-state index contributed by atoms with van der Waals surface area (Å²) >= 11 is 0. The van der Waals surface area contributed by atoms with E-state index in [2.05, 4.69) is 0 Å². The van der Waals surface area contributed by atoms with Gasteiger partial charge in [0.05, 0.1) is 0 Å². The van der Waals surface area contributed by atoms with Crippen molar-refractivity contribution in [2.45, 2.75) is 0 Å². The molecule has 0 amide bonds. The van der Waals surface area contributed by atoms with Gasteiger partial charge in [0.15, 0.2) is 0 Å². The second-order valence-corrected chi connectivity index (χ2v) is 0. The Labute approximate surface area is 116 Å². The first kappa shape index (κ1) is 52.4. The van der Waals surface area contributed by atoms with Gasteiger partial charge in [-0.25, -0.2) is 0 Å². The molecule has 0 fully saturated rings. The minimum atomic E-state index is 0. The van der Waals surface area contributed by atoms with Crippen molar-refractivity contribution < 1.29 is 0 Å². The molecular formula is H6In3NPSb. The molecule has 0 saturated carbocycles. The van der Waals surface area contributed by atoms with Crippen LogP contribution in [0.1, 0.15) is 0 Å². The molecule has 0 aromatic carbocycles. The Bertz CT molecular complexity index is 10.8. The third-order valence-corrected chi connectivity index (χ3v) is 0. The van der Waals surface area contributed by atoms with Crippen LogP contribution in [0, 0.1) is 0 Å². The molecule has 0 radical (unpaired) electrons. The van der Waals surface area contributed by atoms with Crippen LogP contribution in [0.5, 0.6) is 0 Å². The van der Waals surface area contributed by atoms with Crippen molar-refractivity contribution in [1.82, 2.24) is 0 Å². The van der Waals surface area contributed by atoms with Gasteiger partial charge in [-0.1, -0.05) is 0 Å². The molecule has 0 rings (SSSR count). The van der Waals surface area contributed by atoms with E-state index in [0.29, 0.717) is 0 Å². The first-order valence-corrected chi connectivity index (χ1v) is 0. The van der Waals surface area contributed by atoms with Gasteiger partial charge in [-0.15, -0.1) is 0 Å². The first-order chi connectivity index (χ1) is 0. The van der Waals surface area contributed by atoms with Crippen LogP contribution in [0.25, 0.3) is 6.15 Å². The van der Waals surface area contributed by atoms with Crippen LogP contribution in [0.15, 0.2) is 0 Å². The second-order valence-electron chi connectivity index (χ2n) is 0. The van der Waals surface area contributed by atoms with Gasteiger partial charge < -0.3 is 16.0 Å². The summed E-state index contributed by atoms with van der Waals surface area (Å²) in [5.41, 5.74) is 0. The molecule has 0 aromatic rings. The molecule has 0 N–H and O–H groups in total. The van der Waals surface area contributed by atoms with Gasteiger partial charge in [0, 0.05) is 0 Å². The van der Waals surface area contributed by atoms with Crippen LogP contribution in [-0.4, -0.2) is 102 Å². The SMILES string of the molecule is [In+3].[In+3].[In+3].[N-3].[P-3].[SbH6-3]. The number of hydrogen-bond acceptors (Lipinski definition) is 0. The predicted octanol–water partition coefficient (Wildman–Crippen LogP) is -1.98. The van der Waals surface area contributed by atoms with Crippen molar-refractivity contribution in [3.63, 3.8) is 0 Å².